The standard InChI is InChI=1S/C26H42O2/c1-5-6-7-9-18(2)22-13-14-23-21(10-8-15-26(22,23)4)12-11-20-16-24(27)19(3)25(28)17-20/h11-12,18,22-25,27-28H,3,5-10,13-17H2,1-2,4H3. The Hall–Kier alpha value is -0.860. The molecule has 2 nitrogen and oxygen atoms in total. The summed E-state index contributed by atoms with van der Waals surface area (Å²) in [5.74, 6) is 2.44. The molecule has 2 heteroatoms. The molecule has 6 atom stereocenters. The van der Waals surface area contributed by atoms with Gasteiger partial charge in [0.05, 0.1) is 12.2 Å². The topological polar surface area (TPSA) is 40.5 Å². The van der Waals surface area contributed by atoms with Gasteiger partial charge in [0.15, 0.2) is 0 Å². The minimum absolute atomic E-state index is 0.466. The van der Waals surface area contributed by atoms with Gasteiger partial charge < -0.3 is 10.2 Å². The van der Waals surface area contributed by atoms with Crippen LogP contribution in [0.25, 0.3) is 0 Å². The van der Waals surface area contributed by atoms with Crippen molar-refractivity contribution in [3.05, 3.63) is 35.5 Å². The third-order valence-electron chi connectivity index (χ3n) is 8.29. The Morgan fingerprint density at radius 2 is 1.86 bits per heavy atom. The van der Waals surface area contributed by atoms with Crippen molar-refractivity contribution in [2.24, 2.45) is 23.2 Å². The monoisotopic (exact) mass is 386 g/mol. The Balaban J connectivity index is 1.70. The lowest BCUT2D eigenvalue weighted by atomic mass is 9.60. The largest absolute Gasteiger partial charge is 0.388 e. The molecule has 0 aliphatic heterocycles. The summed E-state index contributed by atoms with van der Waals surface area (Å²) in [6, 6.07) is 0. The van der Waals surface area contributed by atoms with Gasteiger partial charge in [-0.3, -0.25) is 0 Å². The third-order valence-corrected chi connectivity index (χ3v) is 8.29. The summed E-state index contributed by atoms with van der Waals surface area (Å²) in [4.78, 5) is 0. The quantitative estimate of drug-likeness (QED) is 0.413. The fourth-order valence-electron chi connectivity index (χ4n) is 6.56. The van der Waals surface area contributed by atoms with Crippen molar-refractivity contribution in [2.45, 2.75) is 104 Å². The van der Waals surface area contributed by atoms with E-state index in [1.165, 1.54) is 57.8 Å². The van der Waals surface area contributed by atoms with Gasteiger partial charge in [0.25, 0.3) is 0 Å². The molecule has 0 heterocycles. The molecule has 0 radical (unpaired) electrons. The maximum Gasteiger partial charge on any atom is 0.0809 e. The van der Waals surface area contributed by atoms with Gasteiger partial charge in [0, 0.05) is 0 Å². The lowest BCUT2D eigenvalue weighted by Gasteiger charge is -2.44. The highest BCUT2D eigenvalue weighted by molar-refractivity contribution is 5.29. The molecule has 3 aliphatic carbocycles. The Labute approximate surface area is 172 Å². The first-order valence-electron chi connectivity index (χ1n) is 11.8. The number of allylic oxidation sites excluding steroid dienone is 3. The van der Waals surface area contributed by atoms with Gasteiger partial charge in [-0.25, -0.2) is 0 Å². The highest BCUT2D eigenvalue weighted by atomic mass is 16.3. The molecule has 0 saturated heterocycles. The summed E-state index contributed by atoms with van der Waals surface area (Å²) < 4.78 is 0. The number of rotatable bonds is 6. The second-order valence-electron chi connectivity index (χ2n) is 10.2. The second-order valence-corrected chi connectivity index (χ2v) is 10.2. The Bertz CT molecular complexity index is 600. The van der Waals surface area contributed by atoms with Crippen molar-refractivity contribution in [3.63, 3.8) is 0 Å². The number of aliphatic hydroxyl groups is 2. The van der Waals surface area contributed by atoms with Gasteiger partial charge >= 0.3 is 0 Å². The van der Waals surface area contributed by atoms with E-state index in [1.54, 1.807) is 5.57 Å². The summed E-state index contributed by atoms with van der Waals surface area (Å²) in [6.07, 6.45) is 16.7. The number of hydrogen-bond acceptors (Lipinski definition) is 2. The Kier molecular flexibility index (Phi) is 7.26. The van der Waals surface area contributed by atoms with E-state index in [0.717, 1.165) is 23.3 Å². The van der Waals surface area contributed by atoms with Crippen LogP contribution in [0.5, 0.6) is 0 Å². The molecule has 0 spiro atoms. The lowest BCUT2D eigenvalue weighted by molar-refractivity contribution is 0.0932. The smallest absolute Gasteiger partial charge is 0.0809 e. The van der Waals surface area contributed by atoms with E-state index in [9.17, 15) is 10.2 Å². The zero-order valence-electron chi connectivity index (χ0n) is 18.4. The Morgan fingerprint density at radius 3 is 2.54 bits per heavy atom. The SMILES string of the molecule is C=C1C(O)CC(=CC=C2CCCC3(C)C2CCC3C(C)CCCCC)CC1O. The molecule has 0 bridgehead atoms. The molecule has 2 N–H and O–H groups in total. The van der Waals surface area contributed by atoms with Crippen LogP contribution in [-0.2, 0) is 0 Å². The minimum Gasteiger partial charge on any atom is -0.388 e. The van der Waals surface area contributed by atoms with Crippen LogP contribution < -0.4 is 0 Å². The number of aliphatic hydroxyl groups excluding tert-OH is 2. The van der Waals surface area contributed by atoms with Crippen molar-refractivity contribution in [1.29, 1.82) is 0 Å². The molecular formula is C26H42O2. The highest BCUT2D eigenvalue weighted by Gasteiger charge is 2.50. The summed E-state index contributed by atoms with van der Waals surface area (Å²) in [5.41, 5.74) is 3.83. The van der Waals surface area contributed by atoms with E-state index in [1.807, 2.05) is 0 Å². The number of unbranched alkanes of at least 4 members (excludes halogenated alkanes) is 2. The van der Waals surface area contributed by atoms with Crippen LogP contribution in [0.1, 0.15) is 91.4 Å². The van der Waals surface area contributed by atoms with Gasteiger partial charge in [0.1, 0.15) is 0 Å². The molecule has 3 rings (SSSR count). The van der Waals surface area contributed by atoms with Crippen molar-refractivity contribution in [2.75, 3.05) is 0 Å². The van der Waals surface area contributed by atoms with Gasteiger partial charge in [-0.2, -0.15) is 0 Å². The van der Waals surface area contributed by atoms with Crippen molar-refractivity contribution in [3.8, 4) is 0 Å². The minimum atomic E-state index is -0.593. The number of fused-ring (bicyclic) bond motifs is 1. The van der Waals surface area contributed by atoms with Crippen molar-refractivity contribution in [1.82, 2.24) is 0 Å². The molecule has 0 aromatic heterocycles. The average Bonchev–Trinajstić information content (AvgIpc) is 3.02. The molecule has 0 aromatic carbocycles. The van der Waals surface area contributed by atoms with Crippen molar-refractivity contribution < 1.29 is 10.2 Å². The first kappa shape index (κ1) is 21.8. The zero-order valence-corrected chi connectivity index (χ0v) is 18.4. The van der Waals surface area contributed by atoms with Crippen LogP contribution in [0.3, 0.4) is 0 Å². The van der Waals surface area contributed by atoms with Crippen LogP contribution in [0.2, 0.25) is 0 Å². The van der Waals surface area contributed by atoms with Crippen LogP contribution in [0, 0.1) is 23.2 Å². The van der Waals surface area contributed by atoms with E-state index >= 15 is 0 Å². The summed E-state index contributed by atoms with van der Waals surface area (Å²) in [7, 11) is 0. The lowest BCUT2D eigenvalue weighted by Crippen LogP contribution is -2.36. The molecule has 3 fully saturated rings. The van der Waals surface area contributed by atoms with Crippen LogP contribution in [-0.4, -0.2) is 22.4 Å². The van der Waals surface area contributed by atoms with Gasteiger partial charge in [-0.05, 0) is 73.7 Å². The second kappa shape index (κ2) is 9.30. The van der Waals surface area contributed by atoms with E-state index in [0.29, 0.717) is 23.8 Å². The predicted octanol–water partition coefficient (Wildman–Crippen LogP) is 6.34. The van der Waals surface area contributed by atoms with Crippen LogP contribution in [0.4, 0.5) is 0 Å². The first-order chi connectivity index (χ1) is 13.4. The van der Waals surface area contributed by atoms with Crippen LogP contribution >= 0.6 is 0 Å². The van der Waals surface area contributed by atoms with Crippen molar-refractivity contribution >= 4 is 0 Å². The van der Waals surface area contributed by atoms with Gasteiger partial charge in [-0.15, -0.1) is 0 Å². The highest BCUT2D eigenvalue weighted by Crippen LogP contribution is 2.59. The molecule has 3 saturated carbocycles. The Morgan fingerprint density at radius 1 is 1.14 bits per heavy atom. The molecule has 3 aliphatic rings. The molecule has 28 heavy (non-hydrogen) atoms. The molecule has 6 unspecified atom stereocenters. The maximum atomic E-state index is 10.1. The maximum absolute atomic E-state index is 10.1. The molecule has 158 valence electrons. The zero-order chi connectivity index (χ0) is 20.3. The van der Waals surface area contributed by atoms with Gasteiger partial charge in [-0.1, -0.05) is 76.3 Å². The first-order valence-corrected chi connectivity index (χ1v) is 11.8. The van der Waals surface area contributed by atoms with Gasteiger partial charge in [0.2, 0.25) is 0 Å². The van der Waals surface area contributed by atoms with Crippen LogP contribution in [0.15, 0.2) is 35.5 Å². The fraction of sp³-hybridized carbons (Fsp3) is 0.769. The molecule has 0 aromatic rings. The number of hydrogen-bond donors (Lipinski definition) is 2. The summed E-state index contributed by atoms with van der Waals surface area (Å²) >= 11 is 0. The molecular weight excluding hydrogens is 344 g/mol. The average molecular weight is 387 g/mol. The van der Waals surface area contributed by atoms with E-state index < -0.39 is 12.2 Å². The van der Waals surface area contributed by atoms with E-state index in [2.05, 4.69) is 39.5 Å². The normalized spacial score (nSPS) is 38.5. The van der Waals surface area contributed by atoms with E-state index in [4.69, 9.17) is 0 Å². The fourth-order valence-corrected chi connectivity index (χ4v) is 6.56. The molecule has 0 amide bonds. The predicted molar refractivity (Wildman–Crippen MR) is 118 cm³/mol. The summed E-state index contributed by atoms with van der Waals surface area (Å²) in [5, 5.41) is 20.2. The summed E-state index contributed by atoms with van der Waals surface area (Å²) in [6.45, 7) is 11.2. The third kappa shape index (κ3) is 4.49. The van der Waals surface area contributed by atoms with E-state index in [-0.39, 0.29) is 0 Å².